The highest BCUT2D eigenvalue weighted by atomic mass is 32.2. The number of aromatic nitrogens is 3. The zero-order valence-corrected chi connectivity index (χ0v) is 13.0. The predicted molar refractivity (Wildman–Crippen MR) is 78.8 cm³/mol. The van der Waals surface area contributed by atoms with Crippen LogP contribution in [0, 0.1) is 6.92 Å². The lowest BCUT2D eigenvalue weighted by Gasteiger charge is -2.31. The van der Waals surface area contributed by atoms with E-state index in [1.165, 1.54) is 6.26 Å². The first-order chi connectivity index (χ1) is 9.40. The Morgan fingerprint density at radius 1 is 1.40 bits per heavy atom. The minimum atomic E-state index is -3.12. The normalized spacial score (nSPS) is 18.0. The van der Waals surface area contributed by atoms with Gasteiger partial charge in [-0.25, -0.2) is 22.6 Å². The number of sulfonamides is 1. The van der Waals surface area contributed by atoms with Crippen LogP contribution in [-0.2, 0) is 10.0 Å². The van der Waals surface area contributed by atoms with Gasteiger partial charge in [0, 0.05) is 19.1 Å². The molecule has 0 saturated carbocycles. The molecule has 3 heterocycles. The number of fused-ring (bicyclic) bond motifs is 1. The Morgan fingerprint density at radius 3 is 2.70 bits per heavy atom. The summed E-state index contributed by atoms with van der Waals surface area (Å²) in [5.74, 6) is 0. The van der Waals surface area contributed by atoms with E-state index in [4.69, 9.17) is 0 Å². The number of piperidine rings is 1. The molecule has 1 aliphatic heterocycles. The van der Waals surface area contributed by atoms with Crippen molar-refractivity contribution in [3.05, 3.63) is 11.9 Å². The molecule has 0 aromatic carbocycles. The summed E-state index contributed by atoms with van der Waals surface area (Å²) in [6.45, 7) is 3.56. The minimum absolute atomic E-state index is 0.0348. The van der Waals surface area contributed by atoms with Crippen LogP contribution < -0.4 is 9.62 Å². The van der Waals surface area contributed by atoms with E-state index in [-0.39, 0.29) is 6.04 Å². The summed E-state index contributed by atoms with van der Waals surface area (Å²) in [6, 6.07) is 0.0348. The molecule has 0 amide bonds. The summed E-state index contributed by atoms with van der Waals surface area (Å²) in [5, 5.41) is 5.47. The molecule has 1 aliphatic rings. The molecule has 1 saturated heterocycles. The number of hydrogen-bond acceptors (Lipinski definition) is 6. The van der Waals surface area contributed by atoms with Crippen molar-refractivity contribution in [2.45, 2.75) is 25.8 Å². The molecular formula is C11H17N5O2S2. The van der Waals surface area contributed by atoms with E-state index < -0.39 is 10.0 Å². The molecule has 2 aromatic rings. The van der Waals surface area contributed by atoms with E-state index in [0.717, 1.165) is 41.7 Å². The average molecular weight is 315 g/mol. The Bertz CT molecular complexity index is 681. The fourth-order valence-corrected chi connectivity index (χ4v) is 4.24. The molecule has 0 aliphatic carbocycles. The largest absolute Gasteiger partial charge is 0.347 e. The summed E-state index contributed by atoms with van der Waals surface area (Å²) in [7, 11) is -3.12. The standard InChI is InChI=1S/C11H17N5O2S2/c1-8-7-16-10(12-8)19-11(13-16)15-5-3-9(4-6-15)14-20(2,17)18/h7,9,14H,3-6H2,1-2H3. The van der Waals surface area contributed by atoms with Crippen molar-refractivity contribution in [2.24, 2.45) is 0 Å². The van der Waals surface area contributed by atoms with Crippen molar-refractivity contribution in [2.75, 3.05) is 24.2 Å². The van der Waals surface area contributed by atoms with Gasteiger partial charge >= 0.3 is 0 Å². The fraction of sp³-hybridized carbons (Fsp3) is 0.636. The zero-order chi connectivity index (χ0) is 14.3. The van der Waals surface area contributed by atoms with Gasteiger partial charge in [0.1, 0.15) is 0 Å². The first-order valence-electron chi connectivity index (χ1n) is 6.46. The van der Waals surface area contributed by atoms with Crippen molar-refractivity contribution in [3.63, 3.8) is 0 Å². The molecule has 20 heavy (non-hydrogen) atoms. The molecule has 0 spiro atoms. The first kappa shape index (κ1) is 13.8. The number of imidazole rings is 1. The molecule has 7 nitrogen and oxygen atoms in total. The number of aryl methyl sites for hydroxylation is 1. The molecule has 1 fully saturated rings. The van der Waals surface area contributed by atoms with Crippen molar-refractivity contribution < 1.29 is 8.42 Å². The third-order valence-electron chi connectivity index (χ3n) is 3.30. The maximum atomic E-state index is 11.2. The lowest BCUT2D eigenvalue weighted by molar-refractivity contribution is 0.460. The molecule has 110 valence electrons. The zero-order valence-electron chi connectivity index (χ0n) is 11.4. The maximum Gasteiger partial charge on any atom is 0.214 e. The summed E-state index contributed by atoms with van der Waals surface area (Å²) in [6.07, 6.45) is 4.72. The van der Waals surface area contributed by atoms with Crippen LogP contribution in [0.2, 0.25) is 0 Å². The van der Waals surface area contributed by atoms with E-state index >= 15 is 0 Å². The maximum absolute atomic E-state index is 11.2. The third kappa shape index (κ3) is 2.94. The number of nitrogens with one attached hydrogen (secondary N) is 1. The van der Waals surface area contributed by atoms with Crippen LogP contribution in [0.4, 0.5) is 5.13 Å². The van der Waals surface area contributed by atoms with E-state index in [1.807, 2.05) is 13.1 Å². The van der Waals surface area contributed by atoms with Crippen LogP contribution in [0.15, 0.2) is 6.20 Å². The Hall–Kier alpha value is -1.19. The van der Waals surface area contributed by atoms with Gasteiger partial charge < -0.3 is 4.90 Å². The van der Waals surface area contributed by atoms with Gasteiger partial charge in [-0.1, -0.05) is 11.3 Å². The van der Waals surface area contributed by atoms with E-state index in [1.54, 1.807) is 15.9 Å². The van der Waals surface area contributed by atoms with Crippen molar-refractivity contribution >= 4 is 31.5 Å². The molecule has 0 radical (unpaired) electrons. The molecular weight excluding hydrogens is 298 g/mol. The van der Waals surface area contributed by atoms with E-state index in [2.05, 4.69) is 19.7 Å². The molecule has 2 aromatic heterocycles. The van der Waals surface area contributed by atoms with Crippen molar-refractivity contribution in [1.29, 1.82) is 0 Å². The Balaban J connectivity index is 1.67. The molecule has 1 N–H and O–H groups in total. The van der Waals surface area contributed by atoms with Gasteiger partial charge in [-0.2, -0.15) is 0 Å². The Kier molecular flexibility index (Phi) is 3.43. The van der Waals surface area contributed by atoms with Crippen molar-refractivity contribution in [1.82, 2.24) is 19.3 Å². The Morgan fingerprint density at radius 2 is 2.10 bits per heavy atom. The van der Waals surface area contributed by atoms with Gasteiger partial charge in [0.05, 0.1) is 18.1 Å². The number of nitrogens with zero attached hydrogens (tertiary/aromatic N) is 4. The second kappa shape index (κ2) is 4.97. The summed E-state index contributed by atoms with van der Waals surface area (Å²) in [5.41, 5.74) is 0.964. The monoisotopic (exact) mass is 315 g/mol. The predicted octanol–water partition coefficient (Wildman–Crippen LogP) is 0.617. The first-order valence-corrected chi connectivity index (χ1v) is 9.16. The van der Waals surface area contributed by atoms with Crippen LogP contribution >= 0.6 is 11.3 Å². The number of anilines is 1. The summed E-state index contributed by atoms with van der Waals surface area (Å²) >= 11 is 1.57. The van der Waals surface area contributed by atoms with Crippen LogP contribution in [-0.4, -0.2) is 48.4 Å². The van der Waals surface area contributed by atoms with Gasteiger partial charge in [-0.15, -0.1) is 5.10 Å². The third-order valence-corrected chi connectivity index (χ3v) is 5.04. The highest BCUT2D eigenvalue weighted by Gasteiger charge is 2.23. The number of rotatable bonds is 3. The smallest absolute Gasteiger partial charge is 0.214 e. The molecule has 0 unspecified atom stereocenters. The molecule has 3 rings (SSSR count). The van der Waals surface area contributed by atoms with Gasteiger partial charge in [-0.05, 0) is 19.8 Å². The lowest BCUT2D eigenvalue weighted by Crippen LogP contribution is -2.44. The van der Waals surface area contributed by atoms with E-state index in [0.29, 0.717) is 0 Å². The second-order valence-electron chi connectivity index (χ2n) is 5.15. The highest BCUT2D eigenvalue weighted by Crippen LogP contribution is 2.26. The summed E-state index contributed by atoms with van der Waals surface area (Å²) in [4.78, 5) is 7.48. The highest BCUT2D eigenvalue weighted by molar-refractivity contribution is 7.88. The van der Waals surface area contributed by atoms with Crippen LogP contribution in [0.5, 0.6) is 0 Å². The van der Waals surface area contributed by atoms with Gasteiger partial charge in [-0.3, -0.25) is 0 Å². The molecule has 0 atom stereocenters. The minimum Gasteiger partial charge on any atom is -0.347 e. The van der Waals surface area contributed by atoms with Gasteiger partial charge in [0.15, 0.2) is 0 Å². The Labute approximate surface area is 121 Å². The van der Waals surface area contributed by atoms with E-state index in [9.17, 15) is 8.42 Å². The SMILES string of the molecule is Cc1cn2nc(N3CCC(NS(C)(=O)=O)CC3)sc2n1. The average Bonchev–Trinajstić information content (AvgIpc) is 2.84. The van der Waals surface area contributed by atoms with Crippen LogP contribution in [0.1, 0.15) is 18.5 Å². The van der Waals surface area contributed by atoms with Gasteiger partial charge in [0.2, 0.25) is 20.1 Å². The topological polar surface area (TPSA) is 79.6 Å². The van der Waals surface area contributed by atoms with Crippen LogP contribution in [0.25, 0.3) is 4.96 Å². The summed E-state index contributed by atoms with van der Waals surface area (Å²) < 4.78 is 26.9. The second-order valence-corrected chi connectivity index (χ2v) is 7.86. The van der Waals surface area contributed by atoms with Gasteiger partial charge in [0.25, 0.3) is 0 Å². The van der Waals surface area contributed by atoms with Crippen molar-refractivity contribution in [3.8, 4) is 0 Å². The van der Waals surface area contributed by atoms with Crippen LogP contribution in [0.3, 0.4) is 0 Å². The fourth-order valence-electron chi connectivity index (χ4n) is 2.42. The lowest BCUT2D eigenvalue weighted by atomic mass is 10.1. The molecule has 9 heteroatoms. The quantitative estimate of drug-likeness (QED) is 0.898. The molecule has 0 bridgehead atoms. The number of hydrogen-bond donors (Lipinski definition) is 1.